The van der Waals surface area contributed by atoms with Gasteiger partial charge in [0.15, 0.2) is 0 Å². The molecule has 0 heterocycles. The number of anilines is 1. The van der Waals surface area contributed by atoms with Gasteiger partial charge in [0.2, 0.25) is 11.8 Å². The third kappa shape index (κ3) is 7.89. The minimum Gasteiger partial charge on any atom is -0.352 e. The highest BCUT2D eigenvalue weighted by molar-refractivity contribution is 7.92. The Kier molecular flexibility index (Phi) is 10.6. The zero-order valence-corrected chi connectivity index (χ0v) is 25.5. The smallest absolute Gasteiger partial charge is 0.264 e. The Labute approximate surface area is 252 Å². The maximum atomic E-state index is 14.2. The molecule has 0 aromatic heterocycles. The Balaban J connectivity index is 1.70. The molecule has 224 valence electrons. The van der Waals surface area contributed by atoms with Crippen LogP contribution in [0.3, 0.4) is 0 Å². The van der Waals surface area contributed by atoms with Crippen LogP contribution in [-0.2, 0) is 26.2 Å². The van der Waals surface area contributed by atoms with Crippen molar-refractivity contribution in [3.8, 4) is 0 Å². The third-order valence-electron chi connectivity index (χ3n) is 7.57. The number of carbonyl (C=O) groups excluding carboxylic acids is 2. The van der Waals surface area contributed by atoms with E-state index in [1.54, 1.807) is 30.3 Å². The largest absolute Gasteiger partial charge is 0.352 e. The van der Waals surface area contributed by atoms with E-state index in [1.165, 1.54) is 41.3 Å². The second-order valence-corrected chi connectivity index (χ2v) is 13.0. The molecule has 0 aliphatic heterocycles. The molecular weight excluding hydrogens is 577 g/mol. The number of rotatable bonds is 11. The SMILES string of the molecule is CC[C@@H](C(=O)NC1CCCCC1)N(Cc1ccc(F)cc1)C(=O)CN(c1cccc(C)c1)S(=O)(=O)c1ccc(Cl)cc1. The number of sulfonamides is 1. The van der Waals surface area contributed by atoms with Crippen molar-refractivity contribution in [1.82, 2.24) is 10.2 Å². The Hall–Kier alpha value is -3.43. The summed E-state index contributed by atoms with van der Waals surface area (Å²) in [6.45, 7) is 3.13. The highest BCUT2D eigenvalue weighted by Gasteiger charge is 2.34. The molecule has 1 aliphatic rings. The van der Waals surface area contributed by atoms with Gasteiger partial charge in [-0.1, -0.05) is 62.1 Å². The van der Waals surface area contributed by atoms with E-state index < -0.39 is 34.3 Å². The quantitative estimate of drug-likeness (QED) is 0.277. The summed E-state index contributed by atoms with van der Waals surface area (Å²) in [5, 5.41) is 3.50. The second-order valence-electron chi connectivity index (χ2n) is 10.7. The number of nitrogens with one attached hydrogen (secondary N) is 1. The van der Waals surface area contributed by atoms with Crippen LogP contribution in [0.2, 0.25) is 5.02 Å². The fourth-order valence-electron chi connectivity index (χ4n) is 5.30. The number of aryl methyl sites for hydroxylation is 1. The van der Waals surface area contributed by atoms with Crippen LogP contribution in [0.5, 0.6) is 0 Å². The van der Waals surface area contributed by atoms with E-state index in [1.807, 2.05) is 19.9 Å². The molecule has 3 aromatic carbocycles. The molecule has 10 heteroatoms. The molecule has 1 N–H and O–H groups in total. The summed E-state index contributed by atoms with van der Waals surface area (Å²) < 4.78 is 42.6. The zero-order valence-electron chi connectivity index (χ0n) is 23.9. The Morgan fingerprint density at radius 2 is 1.67 bits per heavy atom. The minimum absolute atomic E-state index is 0.0123. The molecule has 4 rings (SSSR count). The summed E-state index contributed by atoms with van der Waals surface area (Å²) in [4.78, 5) is 29.1. The van der Waals surface area contributed by atoms with Crippen molar-refractivity contribution in [2.75, 3.05) is 10.8 Å². The number of amides is 2. The molecular formula is C32H37ClFN3O4S. The van der Waals surface area contributed by atoms with Crippen molar-refractivity contribution in [2.24, 2.45) is 0 Å². The number of carbonyl (C=O) groups is 2. The van der Waals surface area contributed by atoms with Gasteiger partial charge in [0.1, 0.15) is 18.4 Å². The molecule has 0 saturated heterocycles. The van der Waals surface area contributed by atoms with Gasteiger partial charge in [0.05, 0.1) is 10.6 Å². The predicted molar refractivity (Wildman–Crippen MR) is 163 cm³/mol. The van der Waals surface area contributed by atoms with Gasteiger partial charge < -0.3 is 10.2 Å². The van der Waals surface area contributed by atoms with E-state index in [2.05, 4.69) is 5.32 Å². The fourth-order valence-corrected chi connectivity index (χ4v) is 6.83. The van der Waals surface area contributed by atoms with Gasteiger partial charge in [-0.3, -0.25) is 13.9 Å². The summed E-state index contributed by atoms with van der Waals surface area (Å²) in [5.41, 5.74) is 1.76. The molecule has 0 radical (unpaired) electrons. The van der Waals surface area contributed by atoms with Crippen LogP contribution in [0.4, 0.5) is 10.1 Å². The van der Waals surface area contributed by atoms with Gasteiger partial charge in [-0.05, 0) is 85.8 Å². The molecule has 42 heavy (non-hydrogen) atoms. The van der Waals surface area contributed by atoms with Crippen LogP contribution in [-0.4, -0.2) is 43.8 Å². The van der Waals surface area contributed by atoms with Crippen LogP contribution in [0.25, 0.3) is 0 Å². The topological polar surface area (TPSA) is 86.8 Å². The normalized spacial score (nSPS) is 14.7. The standard InChI is InChI=1S/C32H37ClFN3O4S/c1-3-30(32(39)35-27-9-5-4-6-10-27)36(21-24-12-16-26(34)17-13-24)31(38)22-37(28-11-7-8-23(2)20-28)42(40,41)29-18-14-25(33)15-19-29/h7-8,11-20,27,30H,3-6,9-10,21-22H2,1-2H3,(H,35,39)/t30-/m0/s1. The first-order chi connectivity index (χ1) is 20.1. The summed E-state index contributed by atoms with van der Waals surface area (Å²) in [6, 6.07) is 17.5. The molecule has 0 spiro atoms. The first kappa shape index (κ1) is 31.5. The number of hydrogen-bond donors (Lipinski definition) is 1. The van der Waals surface area contributed by atoms with E-state index >= 15 is 0 Å². The lowest BCUT2D eigenvalue weighted by Gasteiger charge is -2.34. The first-order valence-electron chi connectivity index (χ1n) is 14.3. The van der Waals surface area contributed by atoms with Crippen molar-refractivity contribution in [1.29, 1.82) is 0 Å². The van der Waals surface area contributed by atoms with Crippen molar-refractivity contribution >= 4 is 39.1 Å². The number of hydrogen-bond acceptors (Lipinski definition) is 4. The molecule has 3 aromatic rings. The first-order valence-corrected chi connectivity index (χ1v) is 16.1. The average Bonchev–Trinajstić information content (AvgIpc) is 2.97. The highest BCUT2D eigenvalue weighted by atomic mass is 35.5. The van der Waals surface area contributed by atoms with Gasteiger partial charge >= 0.3 is 0 Å². The van der Waals surface area contributed by atoms with Gasteiger partial charge in [0.25, 0.3) is 10.0 Å². The van der Waals surface area contributed by atoms with Crippen LogP contribution in [0.15, 0.2) is 77.7 Å². The van der Waals surface area contributed by atoms with Crippen LogP contribution in [0.1, 0.15) is 56.6 Å². The minimum atomic E-state index is -4.19. The Bertz CT molecular complexity index is 1480. The van der Waals surface area contributed by atoms with E-state index in [4.69, 9.17) is 11.6 Å². The van der Waals surface area contributed by atoms with Crippen molar-refractivity contribution in [3.05, 3.63) is 94.8 Å². The van der Waals surface area contributed by atoms with E-state index in [-0.39, 0.29) is 23.4 Å². The van der Waals surface area contributed by atoms with E-state index in [0.717, 1.165) is 42.0 Å². The van der Waals surface area contributed by atoms with E-state index in [9.17, 15) is 22.4 Å². The van der Waals surface area contributed by atoms with Crippen LogP contribution < -0.4 is 9.62 Å². The summed E-state index contributed by atoms with van der Waals surface area (Å²) in [7, 11) is -4.19. The number of halogens is 2. The maximum absolute atomic E-state index is 14.2. The Morgan fingerprint density at radius 1 is 1.00 bits per heavy atom. The molecule has 0 unspecified atom stereocenters. The zero-order chi connectivity index (χ0) is 30.3. The lowest BCUT2D eigenvalue weighted by Crippen LogP contribution is -2.54. The molecule has 1 aliphatic carbocycles. The molecule has 2 amide bonds. The van der Waals surface area contributed by atoms with Crippen molar-refractivity contribution in [2.45, 2.75) is 75.9 Å². The van der Waals surface area contributed by atoms with Crippen LogP contribution >= 0.6 is 11.6 Å². The highest BCUT2D eigenvalue weighted by Crippen LogP contribution is 2.27. The molecule has 7 nitrogen and oxygen atoms in total. The lowest BCUT2D eigenvalue weighted by atomic mass is 9.95. The van der Waals surface area contributed by atoms with Gasteiger partial charge in [-0.15, -0.1) is 0 Å². The van der Waals surface area contributed by atoms with Gasteiger partial charge in [-0.25, -0.2) is 12.8 Å². The monoisotopic (exact) mass is 613 g/mol. The summed E-state index contributed by atoms with van der Waals surface area (Å²) in [5.74, 6) is -1.25. The predicted octanol–water partition coefficient (Wildman–Crippen LogP) is 6.24. The van der Waals surface area contributed by atoms with Crippen molar-refractivity contribution < 1.29 is 22.4 Å². The van der Waals surface area contributed by atoms with Crippen molar-refractivity contribution in [3.63, 3.8) is 0 Å². The van der Waals surface area contributed by atoms with E-state index in [0.29, 0.717) is 22.7 Å². The fraction of sp³-hybridized carbons (Fsp3) is 0.375. The molecule has 0 bridgehead atoms. The lowest BCUT2D eigenvalue weighted by molar-refractivity contribution is -0.140. The maximum Gasteiger partial charge on any atom is 0.264 e. The molecule has 1 atom stereocenters. The third-order valence-corrected chi connectivity index (χ3v) is 9.61. The number of benzene rings is 3. The Morgan fingerprint density at radius 3 is 2.29 bits per heavy atom. The van der Waals surface area contributed by atoms with Gasteiger partial charge in [0, 0.05) is 17.6 Å². The second kappa shape index (κ2) is 14.2. The summed E-state index contributed by atoms with van der Waals surface area (Å²) in [6.07, 6.45) is 5.29. The molecule has 1 fully saturated rings. The van der Waals surface area contributed by atoms with Gasteiger partial charge in [-0.2, -0.15) is 0 Å². The van der Waals surface area contributed by atoms with Crippen LogP contribution in [0, 0.1) is 12.7 Å². The summed E-state index contributed by atoms with van der Waals surface area (Å²) >= 11 is 6.01. The molecule has 1 saturated carbocycles. The number of nitrogens with zero attached hydrogens (tertiary/aromatic N) is 2. The average molecular weight is 614 g/mol.